The molecule has 0 saturated heterocycles. The molecule has 0 amide bonds. The minimum atomic E-state index is 0.560. The van der Waals surface area contributed by atoms with Gasteiger partial charge < -0.3 is 5.32 Å². The minimum absolute atomic E-state index is 0.560. The summed E-state index contributed by atoms with van der Waals surface area (Å²) in [6, 6.07) is 0.767. The number of hydrogen-bond acceptors (Lipinski definition) is 1. The summed E-state index contributed by atoms with van der Waals surface area (Å²) in [5.74, 6) is 0.859. The van der Waals surface area contributed by atoms with Crippen LogP contribution in [0.5, 0.6) is 0 Å². The van der Waals surface area contributed by atoms with Gasteiger partial charge in [0.05, 0.1) is 0 Å². The van der Waals surface area contributed by atoms with Gasteiger partial charge in [0.1, 0.15) is 0 Å². The van der Waals surface area contributed by atoms with E-state index in [1.165, 1.54) is 51.5 Å². The van der Waals surface area contributed by atoms with Gasteiger partial charge in [0.15, 0.2) is 0 Å². The molecule has 0 bridgehead atoms. The van der Waals surface area contributed by atoms with Crippen molar-refractivity contribution in [3.8, 4) is 0 Å². The van der Waals surface area contributed by atoms with E-state index in [-0.39, 0.29) is 0 Å². The van der Waals surface area contributed by atoms with Crippen molar-refractivity contribution < 1.29 is 0 Å². The lowest BCUT2D eigenvalue weighted by atomic mass is 9.75. The first-order chi connectivity index (χ1) is 7.90. The van der Waals surface area contributed by atoms with Crippen LogP contribution in [0.25, 0.3) is 0 Å². The summed E-state index contributed by atoms with van der Waals surface area (Å²) in [7, 11) is 0. The van der Waals surface area contributed by atoms with E-state index in [1.54, 1.807) is 0 Å². The van der Waals surface area contributed by atoms with Crippen LogP contribution in [-0.2, 0) is 0 Å². The fraction of sp³-hybridized carbons (Fsp3) is 1.00. The highest BCUT2D eigenvalue weighted by atomic mass is 14.9. The zero-order chi connectivity index (χ0) is 12.5. The van der Waals surface area contributed by atoms with Gasteiger partial charge in [-0.05, 0) is 42.4 Å². The zero-order valence-electron chi connectivity index (χ0n) is 12.3. The molecule has 2 unspecified atom stereocenters. The molecule has 0 aromatic rings. The average Bonchev–Trinajstić information content (AvgIpc) is 2.50. The van der Waals surface area contributed by atoms with Crippen molar-refractivity contribution in [1.29, 1.82) is 0 Å². The summed E-state index contributed by atoms with van der Waals surface area (Å²) in [4.78, 5) is 0. The summed E-state index contributed by atoms with van der Waals surface area (Å²) in [5.41, 5.74) is 1.15. The van der Waals surface area contributed by atoms with Crippen molar-refractivity contribution in [2.75, 3.05) is 6.54 Å². The first kappa shape index (κ1) is 13.4. The summed E-state index contributed by atoms with van der Waals surface area (Å²) < 4.78 is 0. The normalized spacial score (nSPS) is 36.0. The fourth-order valence-corrected chi connectivity index (χ4v) is 4.13. The van der Waals surface area contributed by atoms with E-state index in [9.17, 15) is 0 Å². The Morgan fingerprint density at radius 3 is 2.18 bits per heavy atom. The van der Waals surface area contributed by atoms with E-state index in [4.69, 9.17) is 0 Å². The lowest BCUT2D eigenvalue weighted by Gasteiger charge is -2.35. The standard InChI is InChI=1S/C16H31N/c1-13-10-15(2,3)11-14(13)17-12-16(4)8-6-5-7-9-16/h13-14,17H,5-12H2,1-4H3. The quantitative estimate of drug-likeness (QED) is 0.768. The van der Waals surface area contributed by atoms with Gasteiger partial charge in [-0.15, -0.1) is 0 Å². The third kappa shape index (κ3) is 3.47. The lowest BCUT2D eigenvalue weighted by molar-refractivity contribution is 0.194. The van der Waals surface area contributed by atoms with Crippen LogP contribution in [0.2, 0.25) is 0 Å². The van der Waals surface area contributed by atoms with Crippen molar-refractivity contribution >= 4 is 0 Å². The number of nitrogens with one attached hydrogen (secondary N) is 1. The summed E-state index contributed by atoms with van der Waals surface area (Å²) in [5, 5.41) is 3.90. The Kier molecular flexibility index (Phi) is 3.87. The third-order valence-corrected chi connectivity index (χ3v) is 5.19. The van der Waals surface area contributed by atoms with Gasteiger partial charge in [-0.25, -0.2) is 0 Å². The maximum absolute atomic E-state index is 3.90. The van der Waals surface area contributed by atoms with E-state index in [0.29, 0.717) is 10.8 Å². The van der Waals surface area contributed by atoms with Gasteiger partial charge >= 0.3 is 0 Å². The van der Waals surface area contributed by atoms with E-state index in [2.05, 4.69) is 33.0 Å². The summed E-state index contributed by atoms with van der Waals surface area (Å²) >= 11 is 0. The van der Waals surface area contributed by atoms with Crippen molar-refractivity contribution in [3.63, 3.8) is 0 Å². The van der Waals surface area contributed by atoms with E-state index < -0.39 is 0 Å². The van der Waals surface area contributed by atoms with Crippen molar-refractivity contribution in [1.82, 2.24) is 5.32 Å². The summed E-state index contributed by atoms with van der Waals surface area (Å²) in [6.45, 7) is 11.0. The summed E-state index contributed by atoms with van der Waals surface area (Å²) in [6.07, 6.45) is 9.98. The SMILES string of the molecule is CC1CC(C)(C)CC1NCC1(C)CCCCC1. The Morgan fingerprint density at radius 1 is 1.00 bits per heavy atom. The smallest absolute Gasteiger partial charge is 0.00982 e. The molecule has 2 rings (SSSR count). The van der Waals surface area contributed by atoms with Crippen LogP contribution in [0.1, 0.15) is 72.6 Å². The second kappa shape index (κ2) is 4.91. The average molecular weight is 237 g/mol. The number of rotatable bonds is 3. The van der Waals surface area contributed by atoms with Gasteiger partial charge in [-0.2, -0.15) is 0 Å². The molecule has 0 aromatic carbocycles. The molecule has 1 nitrogen and oxygen atoms in total. The molecule has 2 saturated carbocycles. The van der Waals surface area contributed by atoms with Gasteiger partial charge in [0, 0.05) is 12.6 Å². The molecule has 100 valence electrons. The fourth-order valence-electron chi connectivity index (χ4n) is 4.13. The molecule has 2 fully saturated rings. The predicted octanol–water partition coefficient (Wildman–Crippen LogP) is 4.37. The molecule has 2 aliphatic rings. The molecular formula is C16H31N. The Labute approximate surface area is 108 Å². The van der Waals surface area contributed by atoms with Gasteiger partial charge in [-0.1, -0.05) is 47.0 Å². The van der Waals surface area contributed by atoms with Crippen molar-refractivity contribution in [2.24, 2.45) is 16.7 Å². The van der Waals surface area contributed by atoms with Crippen LogP contribution >= 0.6 is 0 Å². The largest absolute Gasteiger partial charge is 0.313 e. The zero-order valence-corrected chi connectivity index (χ0v) is 12.3. The van der Waals surface area contributed by atoms with E-state index in [0.717, 1.165) is 12.0 Å². The molecule has 17 heavy (non-hydrogen) atoms. The van der Waals surface area contributed by atoms with Crippen LogP contribution in [-0.4, -0.2) is 12.6 Å². The van der Waals surface area contributed by atoms with Crippen LogP contribution in [0.15, 0.2) is 0 Å². The second-order valence-corrected chi connectivity index (χ2v) is 7.91. The molecule has 1 N–H and O–H groups in total. The highest BCUT2D eigenvalue weighted by Gasteiger charge is 2.37. The van der Waals surface area contributed by atoms with Crippen LogP contribution in [0.3, 0.4) is 0 Å². The predicted molar refractivity (Wildman–Crippen MR) is 75.2 cm³/mol. The number of hydrogen-bond donors (Lipinski definition) is 1. The molecular weight excluding hydrogens is 206 g/mol. The molecule has 2 aliphatic carbocycles. The molecule has 1 heteroatoms. The molecule has 0 aliphatic heterocycles. The van der Waals surface area contributed by atoms with Gasteiger partial charge in [0.25, 0.3) is 0 Å². The molecule has 0 heterocycles. The van der Waals surface area contributed by atoms with Gasteiger partial charge in [0.2, 0.25) is 0 Å². The molecule has 0 aromatic heterocycles. The molecule has 0 spiro atoms. The van der Waals surface area contributed by atoms with Gasteiger partial charge in [-0.3, -0.25) is 0 Å². The van der Waals surface area contributed by atoms with E-state index in [1.807, 2.05) is 0 Å². The Bertz CT molecular complexity index is 250. The Morgan fingerprint density at radius 2 is 1.65 bits per heavy atom. The van der Waals surface area contributed by atoms with Crippen LogP contribution in [0, 0.1) is 16.7 Å². The first-order valence-electron chi connectivity index (χ1n) is 7.64. The van der Waals surface area contributed by atoms with E-state index >= 15 is 0 Å². The lowest BCUT2D eigenvalue weighted by Crippen LogP contribution is -2.40. The maximum atomic E-state index is 3.90. The van der Waals surface area contributed by atoms with Crippen molar-refractivity contribution in [2.45, 2.75) is 78.7 Å². The first-order valence-corrected chi connectivity index (χ1v) is 7.64. The second-order valence-electron chi connectivity index (χ2n) is 7.91. The topological polar surface area (TPSA) is 12.0 Å². The molecule has 2 atom stereocenters. The Balaban J connectivity index is 1.82. The monoisotopic (exact) mass is 237 g/mol. The highest BCUT2D eigenvalue weighted by Crippen LogP contribution is 2.42. The molecule has 0 radical (unpaired) electrons. The Hall–Kier alpha value is -0.0400. The van der Waals surface area contributed by atoms with Crippen LogP contribution < -0.4 is 5.32 Å². The third-order valence-electron chi connectivity index (χ3n) is 5.19. The minimum Gasteiger partial charge on any atom is -0.313 e. The van der Waals surface area contributed by atoms with Crippen LogP contribution in [0.4, 0.5) is 0 Å². The highest BCUT2D eigenvalue weighted by molar-refractivity contribution is 4.92. The van der Waals surface area contributed by atoms with Crippen molar-refractivity contribution in [3.05, 3.63) is 0 Å². The maximum Gasteiger partial charge on any atom is 0.00982 e.